The van der Waals surface area contributed by atoms with Crippen molar-refractivity contribution in [3.63, 3.8) is 0 Å². The second-order valence-electron chi connectivity index (χ2n) is 13.7. The van der Waals surface area contributed by atoms with Gasteiger partial charge in [-0.15, -0.1) is 0 Å². The highest BCUT2D eigenvalue weighted by molar-refractivity contribution is 5.18. The number of hydrogen-bond donors (Lipinski definition) is 6. The first kappa shape index (κ1) is 26.8. The maximum atomic E-state index is 11.6. The van der Waals surface area contributed by atoms with Crippen molar-refractivity contribution in [3.05, 3.63) is 0 Å². The fourth-order valence-corrected chi connectivity index (χ4v) is 9.49. The number of rotatable bonds is 6. The second kappa shape index (κ2) is 8.95. The summed E-state index contributed by atoms with van der Waals surface area (Å²) in [4.78, 5) is 0. The third-order valence-corrected chi connectivity index (χ3v) is 12.0. The van der Waals surface area contributed by atoms with E-state index in [0.29, 0.717) is 37.5 Å². The van der Waals surface area contributed by atoms with E-state index in [1.807, 2.05) is 13.8 Å². The topological polar surface area (TPSA) is 121 Å². The molecule has 4 saturated carbocycles. The van der Waals surface area contributed by atoms with Crippen LogP contribution in [0.4, 0.5) is 0 Å². The molecule has 0 aromatic heterocycles. The van der Waals surface area contributed by atoms with E-state index in [-0.39, 0.29) is 42.1 Å². The Bertz CT molecular complexity index is 744. The zero-order chi connectivity index (χ0) is 25.3. The summed E-state index contributed by atoms with van der Waals surface area (Å²) in [7, 11) is 0. The second-order valence-corrected chi connectivity index (χ2v) is 13.7. The van der Waals surface area contributed by atoms with Crippen LogP contribution in [0.5, 0.6) is 0 Å². The molecule has 0 amide bonds. The molecule has 0 aromatic rings. The van der Waals surface area contributed by atoms with Crippen LogP contribution in [0.2, 0.25) is 0 Å². The third kappa shape index (κ3) is 3.81. The zero-order valence-corrected chi connectivity index (χ0v) is 22.0. The molecule has 4 rings (SSSR count). The predicted molar refractivity (Wildman–Crippen MR) is 131 cm³/mol. The predicted octanol–water partition coefficient (Wildman–Crippen LogP) is 2.86. The molecule has 0 heterocycles. The molecule has 0 saturated heterocycles. The van der Waals surface area contributed by atoms with Crippen molar-refractivity contribution in [1.82, 2.24) is 0 Å². The lowest BCUT2D eigenvalue weighted by Gasteiger charge is -2.65. The van der Waals surface area contributed by atoms with E-state index in [1.165, 1.54) is 0 Å². The fraction of sp³-hybridized carbons (Fsp3) is 1.00. The quantitative estimate of drug-likeness (QED) is 0.346. The molecule has 34 heavy (non-hydrogen) atoms. The third-order valence-electron chi connectivity index (χ3n) is 12.0. The number of fused-ring (bicyclic) bond motifs is 5. The summed E-state index contributed by atoms with van der Waals surface area (Å²) in [6.45, 7) is 10.3. The van der Waals surface area contributed by atoms with Gasteiger partial charge in [-0.05, 0) is 92.3 Å². The number of hydrogen-bond acceptors (Lipinski definition) is 6. The molecule has 6 heteroatoms. The van der Waals surface area contributed by atoms with Crippen LogP contribution in [-0.4, -0.2) is 66.8 Å². The Morgan fingerprint density at radius 2 is 1.68 bits per heavy atom. The summed E-state index contributed by atoms with van der Waals surface area (Å²) in [5.41, 5.74) is -2.83. The summed E-state index contributed by atoms with van der Waals surface area (Å²) < 4.78 is 0. The minimum Gasteiger partial charge on any atom is -0.393 e. The fourth-order valence-electron chi connectivity index (χ4n) is 9.49. The SMILES string of the molecule is CC(C)[C@@](O)(CO)CC[C@@H](C)[C@H]1CC(O)[C@H]2[C@@H]3CC(O)C4(O)CC(O)CC[C@]4(C)[C@H]3CC[C@]12C. The molecule has 4 aliphatic rings. The molecule has 0 aliphatic heterocycles. The van der Waals surface area contributed by atoms with Crippen molar-refractivity contribution in [1.29, 1.82) is 0 Å². The van der Waals surface area contributed by atoms with Crippen LogP contribution in [0.15, 0.2) is 0 Å². The average Bonchev–Trinajstić information content (AvgIpc) is 3.04. The largest absolute Gasteiger partial charge is 0.393 e. The maximum Gasteiger partial charge on any atom is 0.0985 e. The van der Waals surface area contributed by atoms with E-state index in [1.54, 1.807) is 0 Å². The van der Waals surface area contributed by atoms with E-state index >= 15 is 0 Å². The smallest absolute Gasteiger partial charge is 0.0985 e. The van der Waals surface area contributed by atoms with Crippen LogP contribution >= 0.6 is 0 Å². The number of aliphatic hydroxyl groups is 6. The monoisotopic (exact) mass is 482 g/mol. The molecule has 198 valence electrons. The summed E-state index contributed by atoms with van der Waals surface area (Å²) in [5.74, 6) is 1.09. The summed E-state index contributed by atoms with van der Waals surface area (Å²) in [5, 5.41) is 65.1. The molecule has 4 fully saturated rings. The lowest BCUT2D eigenvalue weighted by atomic mass is 9.42. The Kier molecular flexibility index (Phi) is 7.06. The zero-order valence-electron chi connectivity index (χ0n) is 22.0. The first-order valence-electron chi connectivity index (χ1n) is 13.8. The molecule has 0 radical (unpaired) electrons. The van der Waals surface area contributed by atoms with Gasteiger partial charge >= 0.3 is 0 Å². The van der Waals surface area contributed by atoms with Crippen LogP contribution < -0.4 is 0 Å². The summed E-state index contributed by atoms with van der Waals surface area (Å²) >= 11 is 0. The Balaban J connectivity index is 1.56. The normalized spacial score (nSPS) is 51.4. The van der Waals surface area contributed by atoms with Gasteiger partial charge in [0.1, 0.15) is 0 Å². The lowest BCUT2D eigenvalue weighted by Crippen LogP contribution is -2.69. The van der Waals surface area contributed by atoms with Crippen LogP contribution in [-0.2, 0) is 0 Å². The van der Waals surface area contributed by atoms with Gasteiger partial charge in [-0.3, -0.25) is 0 Å². The minimum absolute atomic E-state index is 0.0186. The van der Waals surface area contributed by atoms with E-state index in [4.69, 9.17) is 0 Å². The molecule has 4 unspecified atom stereocenters. The summed E-state index contributed by atoms with van der Waals surface area (Å²) in [6.07, 6.45) is 4.26. The van der Waals surface area contributed by atoms with Gasteiger partial charge in [-0.2, -0.15) is 0 Å². The maximum absolute atomic E-state index is 11.6. The van der Waals surface area contributed by atoms with Crippen LogP contribution in [0, 0.1) is 46.3 Å². The highest BCUT2D eigenvalue weighted by atomic mass is 16.3. The van der Waals surface area contributed by atoms with Gasteiger partial charge in [-0.25, -0.2) is 0 Å². The Morgan fingerprint density at radius 1 is 1.00 bits per heavy atom. The van der Waals surface area contributed by atoms with Gasteiger partial charge in [0.15, 0.2) is 0 Å². The highest BCUT2D eigenvalue weighted by Crippen LogP contribution is 2.69. The van der Waals surface area contributed by atoms with Crippen molar-refractivity contribution >= 4 is 0 Å². The van der Waals surface area contributed by atoms with Gasteiger partial charge in [-0.1, -0.05) is 34.6 Å². The van der Waals surface area contributed by atoms with Gasteiger partial charge in [0.05, 0.1) is 36.1 Å². The van der Waals surface area contributed by atoms with Crippen LogP contribution in [0.1, 0.15) is 92.4 Å². The number of aliphatic hydroxyl groups excluding tert-OH is 4. The van der Waals surface area contributed by atoms with Crippen molar-refractivity contribution in [3.8, 4) is 0 Å². The van der Waals surface area contributed by atoms with Gasteiger partial charge in [0.25, 0.3) is 0 Å². The van der Waals surface area contributed by atoms with E-state index in [2.05, 4.69) is 20.8 Å². The molecular formula is C28H50O6. The van der Waals surface area contributed by atoms with Crippen LogP contribution in [0.25, 0.3) is 0 Å². The van der Waals surface area contributed by atoms with Crippen molar-refractivity contribution < 1.29 is 30.6 Å². The van der Waals surface area contributed by atoms with Gasteiger partial charge in [0, 0.05) is 11.8 Å². The van der Waals surface area contributed by atoms with Crippen molar-refractivity contribution in [2.75, 3.05) is 6.61 Å². The molecule has 6 nitrogen and oxygen atoms in total. The molecule has 12 atom stereocenters. The van der Waals surface area contributed by atoms with E-state index in [0.717, 1.165) is 25.7 Å². The molecule has 0 bridgehead atoms. The minimum atomic E-state index is -1.26. The Labute approximate surface area is 205 Å². The Morgan fingerprint density at radius 3 is 2.29 bits per heavy atom. The highest BCUT2D eigenvalue weighted by Gasteiger charge is 2.68. The summed E-state index contributed by atoms with van der Waals surface area (Å²) in [6, 6.07) is 0. The molecule has 0 aromatic carbocycles. The van der Waals surface area contributed by atoms with Gasteiger partial charge < -0.3 is 30.6 Å². The van der Waals surface area contributed by atoms with Crippen LogP contribution in [0.3, 0.4) is 0 Å². The molecule has 0 spiro atoms. The van der Waals surface area contributed by atoms with Gasteiger partial charge in [0.2, 0.25) is 0 Å². The lowest BCUT2D eigenvalue weighted by molar-refractivity contribution is -0.268. The average molecular weight is 483 g/mol. The first-order valence-corrected chi connectivity index (χ1v) is 13.8. The Hall–Kier alpha value is -0.240. The molecule has 6 N–H and O–H groups in total. The molecular weight excluding hydrogens is 432 g/mol. The first-order chi connectivity index (χ1) is 15.7. The van der Waals surface area contributed by atoms with E-state index in [9.17, 15) is 30.6 Å². The van der Waals surface area contributed by atoms with Crippen molar-refractivity contribution in [2.24, 2.45) is 46.3 Å². The van der Waals surface area contributed by atoms with Crippen molar-refractivity contribution in [2.45, 2.75) is 122 Å². The standard InChI is InChI=1S/C28H50O6/c1-16(2)27(33,15-29)11-6-17(3)21-13-22(31)24-19-12-23(32)28(34)14-18(30)7-10-26(28,5)20(19)8-9-25(21,24)4/h16-24,29-34H,6-15H2,1-5H3/t17-,18?,19-,20+,21-,22?,23?,24-,25-,26-,27+,28?/m1/s1. The van der Waals surface area contributed by atoms with E-state index < -0.39 is 34.9 Å². The molecule has 4 aliphatic carbocycles.